The van der Waals surface area contributed by atoms with E-state index in [1.165, 1.54) is 0 Å². The fourth-order valence-corrected chi connectivity index (χ4v) is 2.16. The Morgan fingerprint density at radius 3 is 2.88 bits per heavy atom. The van der Waals surface area contributed by atoms with Crippen LogP contribution in [-0.4, -0.2) is 14.3 Å². The zero-order valence-electron chi connectivity index (χ0n) is 9.81. The molecular weight excluding hydrogens is 236 g/mol. The summed E-state index contributed by atoms with van der Waals surface area (Å²) in [6.45, 7) is 2.59. The van der Waals surface area contributed by atoms with Crippen LogP contribution in [-0.2, 0) is 20.0 Å². The number of nitriles is 1. The molecule has 0 atom stereocenters. The quantitative estimate of drug-likeness (QED) is 0.837. The van der Waals surface area contributed by atoms with Gasteiger partial charge in [0.05, 0.1) is 23.0 Å². The molecule has 2 aromatic heterocycles. The highest BCUT2D eigenvalue weighted by Crippen LogP contribution is 2.22. The van der Waals surface area contributed by atoms with Crippen molar-refractivity contribution in [1.29, 1.82) is 5.26 Å². The molecule has 5 heteroatoms. The van der Waals surface area contributed by atoms with E-state index in [-0.39, 0.29) is 0 Å². The minimum Gasteiger partial charge on any atom is -0.333 e. The molecule has 0 fully saturated rings. The maximum Gasteiger partial charge on any atom is 0.120 e. The van der Waals surface area contributed by atoms with E-state index in [4.69, 9.17) is 16.9 Å². The van der Waals surface area contributed by atoms with Crippen LogP contribution in [0.25, 0.3) is 0 Å². The number of hydrogen-bond acceptors (Lipinski definition) is 2. The molecule has 0 N–H and O–H groups in total. The Hall–Kier alpha value is -1.73. The Morgan fingerprint density at radius 1 is 1.53 bits per heavy atom. The third-order valence-electron chi connectivity index (χ3n) is 2.77. The Bertz CT molecular complexity index is 574. The first-order valence-corrected chi connectivity index (χ1v) is 5.80. The largest absolute Gasteiger partial charge is 0.333 e. The first-order valence-electron chi connectivity index (χ1n) is 5.42. The molecule has 17 heavy (non-hydrogen) atoms. The second kappa shape index (κ2) is 4.64. The number of nitrogens with zero attached hydrogens (tertiary/aromatic N) is 4. The predicted octanol–water partition coefficient (Wildman–Crippen LogP) is 2.36. The lowest BCUT2D eigenvalue weighted by Gasteiger charge is -2.05. The average molecular weight is 249 g/mol. The lowest BCUT2D eigenvalue weighted by molar-refractivity contribution is 0.659. The summed E-state index contributed by atoms with van der Waals surface area (Å²) in [6.07, 6.45) is 2.68. The van der Waals surface area contributed by atoms with Gasteiger partial charge in [0, 0.05) is 13.2 Å². The molecule has 4 nitrogen and oxygen atoms in total. The smallest absolute Gasteiger partial charge is 0.120 e. The van der Waals surface area contributed by atoms with Gasteiger partial charge in [-0.3, -0.25) is 4.68 Å². The normalized spacial score (nSPS) is 10.5. The molecule has 0 bridgehead atoms. The van der Waals surface area contributed by atoms with Crippen LogP contribution < -0.4 is 0 Å². The molecule has 2 heterocycles. The van der Waals surface area contributed by atoms with Gasteiger partial charge >= 0.3 is 0 Å². The van der Waals surface area contributed by atoms with Gasteiger partial charge in [-0.15, -0.1) is 0 Å². The van der Waals surface area contributed by atoms with E-state index in [9.17, 15) is 0 Å². The Labute approximate surface area is 105 Å². The summed E-state index contributed by atoms with van der Waals surface area (Å²) < 4.78 is 3.64. The van der Waals surface area contributed by atoms with Gasteiger partial charge in [0.25, 0.3) is 0 Å². The minimum absolute atomic E-state index is 0.568. The molecule has 0 spiro atoms. The summed E-state index contributed by atoms with van der Waals surface area (Å²) in [6, 6.07) is 5.78. The van der Waals surface area contributed by atoms with Crippen LogP contribution in [0.5, 0.6) is 0 Å². The van der Waals surface area contributed by atoms with E-state index < -0.39 is 0 Å². The Kier molecular flexibility index (Phi) is 3.21. The fourth-order valence-electron chi connectivity index (χ4n) is 1.81. The topological polar surface area (TPSA) is 46.5 Å². The van der Waals surface area contributed by atoms with Crippen molar-refractivity contribution in [3.63, 3.8) is 0 Å². The molecule has 0 aliphatic heterocycles. The van der Waals surface area contributed by atoms with Crippen LogP contribution in [0.1, 0.15) is 24.0 Å². The first-order chi connectivity index (χ1) is 8.17. The van der Waals surface area contributed by atoms with Crippen LogP contribution in [0.15, 0.2) is 18.3 Å². The van der Waals surface area contributed by atoms with Crippen molar-refractivity contribution in [3.8, 4) is 6.07 Å². The van der Waals surface area contributed by atoms with Gasteiger partial charge in [-0.25, -0.2) is 0 Å². The van der Waals surface area contributed by atoms with E-state index in [0.29, 0.717) is 17.3 Å². The second-order valence-corrected chi connectivity index (χ2v) is 4.20. The molecule has 2 aromatic rings. The third kappa shape index (κ3) is 2.06. The van der Waals surface area contributed by atoms with Crippen LogP contribution in [0.2, 0.25) is 5.02 Å². The molecule has 0 saturated heterocycles. The van der Waals surface area contributed by atoms with Crippen LogP contribution >= 0.6 is 11.6 Å². The molecule has 0 saturated carbocycles. The standard InChI is InChI=1S/C12H13ClN4/c1-3-10-12(13)11(16(2)15-10)8-17-6-4-5-9(17)7-14/h4-6H,3,8H2,1-2H3. The monoisotopic (exact) mass is 248 g/mol. The van der Waals surface area contributed by atoms with Crippen molar-refractivity contribution in [2.24, 2.45) is 7.05 Å². The van der Waals surface area contributed by atoms with Gasteiger partial charge in [0.1, 0.15) is 11.8 Å². The van der Waals surface area contributed by atoms with Crippen molar-refractivity contribution in [1.82, 2.24) is 14.3 Å². The number of aromatic nitrogens is 3. The van der Waals surface area contributed by atoms with Gasteiger partial charge in [-0.05, 0) is 18.6 Å². The van der Waals surface area contributed by atoms with Gasteiger partial charge in [0.2, 0.25) is 0 Å². The van der Waals surface area contributed by atoms with Gasteiger partial charge < -0.3 is 4.57 Å². The minimum atomic E-state index is 0.568. The summed E-state index contributed by atoms with van der Waals surface area (Å²) in [7, 11) is 1.87. The van der Waals surface area contributed by atoms with Crippen molar-refractivity contribution in [3.05, 3.63) is 40.4 Å². The maximum atomic E-state index is 8.95. The molecule has 0 amide bonds. The number of halogens is 1. The molecule has 2 rings (SSSR count). The maximum absolute atomic E-state index is 8.95. The highest BCUT2D eigenvalue weighted by Gasteiger charge is 2.13. The Balaban J connectivity index is 2.37. The number of hydrogen-bond donors (Lipinski definition) is 0. The van der Waals surface area contributed by atoms with Crippen LogP contribution in [0.3, 0.4) is 0 Å². The number of aryl methyl sites for hydroxylation is 2. The van der Waals surface area contributed by atoms with Crippen molar-refractivity contribution < 1.29 is 0 Å². The van der Waals surface area contributed by atoms with Crippen LogP contribution in [0.4, 0.5) is 0 Å². The first kappa shape index (κ1) is 11.7. The highest BCUT2D eigenvalue weighted by molar-refractivity contribution is 6.31. The zero-order chi connectivity index (χ0) is 12.4. The SMILES string of the molecule is CCc1nn(C)c(Cn2cccc2C#N)c1Cl. The third-order valence-corrected chi connectivity index (χ3v) is 3.20. The van der Waals surface area contributed by atoms with Gasteiger partial charge in [-0.1, -0.05) is 18.5 Å². The molecule has 0 radical (unpaired) electrons. The summed E-state index contributed by atoms with van der Waals surface area (Å²) in [5.41, 5.74) is 2.45. The summed E-state index contributed by atoms with van der Waals surface area (Å²) in [5.74, 6) is 0. The average Bonchev–Trinajstić information content (AvgIpc) is 2.88. The van der Waals surface area contributed by atoms with Gasteiger partial charge in [-0.2, -0.15) is 10.4 Å². The van der Waals surface area contributed by atoms with E-state index >= 15 is 0 Å². The second-order valence-electron chi connectivity index (χ2n) is 3.82. The fraction of sp³-hybridized carbons (Fsp3) is 0.333. The van der Waals surface area contributed by atoms with Gasteiger partial charge in [0.15, 0.2) is 0 Å². The lowest BCUT2D eigenvalue weighted by Crippen LogP contribution is -2.06. The van der Waals surface area contributed by atoms with E-state index in [1.54, 1.807) is 10.7 Å². The molecule has 0 unspecified atom stereocenters. The van der Waals surface area contributed by atoms with E-state index in [2.05, 4.69) is 11.2 Å². The molecule has 0 aromatic carbocycles. The van der Waals surface area contributed by atoms with E-state index in [1.807, 2.05) is 30.8 Å². The van der Waals surface area contributed by atoms with E-state index in [0.717, 1.165) is 17.8 Å². The predicted molar refractivity (Wildman–Crippen MR) is 65.8 cm³/mol. The summed E-state index contributed by atoms with van der Waals surface area (Å²) in [4.78, 5) is 0. The molecule has 0 aliphatic rings. The van der Waals surface area contributed by atoms with Crippen molar-refractivity contribution >= 4 is 11.6 Å². The Morgan fingerprint density at radius 2 is 2.29 bits per heavy atom. The van der Waals surface area contributed by atoms with Crippen LogP contribution in [0, 0.1) is 11.3 Å². The summed E-state index contributed by atoms with van der Waals surface area (Å²) in [5, 5.41) is 14.0. The highest BCUT2D eigenvalue weighted by atomic mass is 35.5. The zero-order valence-corrected chi connectivity index (χ0v) is 10.6. The lowest BCUT2D eigenvalue weighted by atomic mass is 10.3. The summed E-state index contributed by atoms with van der Waals surface area (Å²) >= 11 is 6.26. The molecule has 0 aliphatic carbocycles. The van der Waals surface area contributed by atoms with Crippen molar-refractivity contribution in [2.75, 3.05) is 0 Å². The molecule has 88 valence electrons. The van der Waals surface area contributed by atoms with Crippen molar-refractivity contribution in [2.45, 2.75) is 19.9 Å². The molecular formula is C12H13ClN4. The number of rotatable bonds is 3.